The fourth-order valence-corrected chi connectivity index (χ4v) is 4.30. The Hall–Kier alpha value is -4.92. The standard InChI is InChI=1S/C28H27ClF3N7O5/c1-27(2,3)44-26(43)33-10-9-15-5-8-21(34-12-15)39-14-18(22(37-39)28(30,31)32)20-13-35-23(38(20)4)24(40)36-16-6-7-17(25(41)42)19(29)11-16/h5-8,11-14H,9-10H2,1-4H3,(H,33,43)(H,36,40)(H,41,42). The predicted octanol–water partition coefficient (Wildman–Crippen LogP) is 5.36. The van der Waals surface area contributed by atoms with Crippen molar-refractivity contribution in [2.45, 2.75) is 39.0 Å². The van der Waals surface area contributed by atoms with Gasteiger partial charge >= 0.3 is 18.2 Å². The monoisotopic (exact) mass is 633 g/mol. The van der Waals surface area contributed by atoms with Crippen molar-refractivity contribution in [3.8, 4) is 17.1 Å². The zero-order chi connectivity index (χ0) is 32.4. The highest BCUT2D eigenvalue weighted by atomic mass is 35.5. The molecule has 0 aliphatic carbocycles. The number of rotatable bonds is 8. The largest absolute Gasteiger partial charge is 0.478 e. The van der Waals surface area contributed by atoms with E-state index in [1.807, 2.05) is 0 Å². The number of pyridine rings is 1. The summed E-state index contributed by atoms with van der Waals surface area (Å²) in [5, 5.41) is 17.8. The van der Waals surface area contributed by atoms with Crippen LogP contribution in [0.5, 0.6) is 0 Å². The molecule has 44 heavy (non-hydrogen) atoms. The fraction of sp³-hybridized carbons (Fsp3) is 0.286. The number of aromatic carboxylic acids is 1. The van der Waals surface area contributed by atoms with Gasteiger partial charge in [0.2, 0.25) is 0 Å². The number of carboxylic acids is 1. The first-order valence-corrected chi connectivity index (χ1v) is 13.4. The van der Waals surface area contributed by atoms with Crippen LogP contribution in [0.1, 0.15) is 53.0 Å². The molecule has 232 valence electrons. The quantitative estimate of drug-likeness (QED) is 0.234. The van der Waals surface area contributed by atoms with Crippen LogP contribution < -0.4 is 10.6 Å². The molecule has 1 aromatic carbocycles. The Morgan fingerprint density at radius 3 is 2.39 bits per heavy atom. The number of nitrogens with one attached hydrogen (secondary N) is 2. The maximum Gasteiger partial charge on any atom is 0.435 e. The maximum atomic E-state index is 14.0. The molecule has 0 aliphatic heterocycles. The number of anilines is 1. The summed E-state index contributed by atoms with van der Waals surface area (Å²) in [6.45, 7) is 5.49. The van der Waals surface area contributed by atoms with Crippen molar-refractivity contribution in [1.82, 2.24) is 29.6 Å². The molecule has 12 nitrogen and oxygen atoms in total. The van der Waals surface area contributed by atoms with Crippen LogP contribution in [0.25, 0.3) is 17.1 Å². The van der Waals surface area contributed by atoms with Gasteiger partial charge in [0.05, 0.1) is 28.0 Å². The second-order valence-corrected chi connectivity index (χ2v) is 10.9. The van der Waals surface area contributed by atoms with Gasteiger partial charge < -0.3 is 25.0 Å². The predicted molar refractivity (Wildman–Crippen MR) is 153 cm³/mol. The summed E-state index contributed by atoms with van der Waals surface area (Å²) >= 11 is 5.95. The molecule has 0 atom stereocenters. The molecule has 0 bridgehead atoms. The molecule has 4 rings (SSSR count). The van der Waals surface area contributed by atoms with Crippen molar-refractivity contribution in [2.75, 3.05) is 11.9 Å². The van der Waals surface area contributed by atoms with E-state index in [-0.39, 0.29) is 45.7 Å². The number of imidazole rings is 1. The number of alkyl halides is 3. The van der Waals surface area contributed by atoms with Crippen LogP contribution in [-0.4, -0.2) is 59.5 Å². The topological polar surface area (TPSA) is 153 Å². The van der Waals surface area contributed by atoms with Crippen LogP contribution in [0.3, 0.4) is 0 Å². The Labute approximate surface area is 253 Å². The van der Waals surface area contributed by atoms with E-state index in [9.17, 15) is 27.6 Å². The zero-order valence-electron chi connectivity index (χ0n) is 23.9. The van der Waals surface area contributed by atoms with Gasteiger partial charge in [0.1, 0.15) is 5.60 Å². The second kappa shape index (κ2) is 12.4. The van der Waals surface area contributed by atoms with E-state index >= 15 is 0 Å². The minimum absolute atomic E-state index is 0.0437. The van der Waals surface area contributed by atoms with Crippen molar-refractivity contribution in [3.05, 3.63) is 76.6 Å². The Bertz CT molecular complexity index is 1710. The molecule has 4 aromatic rings. The molecule has 16 heteroatoms. The molecule has 3 heterocycles. The third kappa shape index (κ3) is 7.53. The Kier molecular flexibility index (Phi) is 8.99. The SMILES string of the molecule is Cn1c(-c2cn(-c3ccc(CCNC(=O)OC(C)(C)C)cn3)nc2C(F)(F)F)cnc1C(=O)Nc1ccc(C(=O)O)c(Cl)c1. The van der Waals surface area contributed by atoms with Gasteiger partial charge in [-0.05, 0) is 57.0 Å². The minimum atomic E-state index is -4.84. The first-order valence-electron chi connectivity index (χ1n) is 13.0. The molecule has 0 fully saturated rings. The fourth-order valence-electron chi connectivity index (χ4n) is 4.04. The van der Waals surface area contributed by atoms with Crippen LogP contribution in [0.4, 0.5) is 23.7 Å². The summed E-state index contributed by atoms with van der Waals surface area (Å²) in [7, 11) is 1.37. The van der Waals surface area contributed by atoms with Gasteiger partial charge in [0, 0.05) is 31.7 Å². The highest BCUT2D eigenvalue weighted by Crippen LogP contribution is 2.37. The Balaban J connectivity index is 1.53. The number of benzene rings is 1. The molecule has 0 aliphatic rings. The maximum absolute atomic E-state index is 14.0. The number of hydrogen-bond acceptors (Lipinski definition) is 7. The lowest BCUT2D eigenvalue weighted by Crippen LogP contribution is -2.33. The van der Waals surface area contributed by atoms with Crippen molar-refractivity contribution in [2.24, 2.45) is 7.05 Å². The number of hydrogen-bond donors (Lipinski definition) is 3. The lowest BCUT2D eigenvalue weighted by atomic mass is 10.2. The third-order valence-corrected chi connectivity index (χ3v) is 6.35. The molecule has 0 unspecified atom stereocenters. The van der Waals surface area contributed by atoms with E-state index in [1.165, 1.54) is 42.1 Å². The molecule has 0 spiro atoms. The third-order valence-electron chi connectivity index (χ3n) is 6.03. The number of alkyl carbamates (subject to hydrolysis) is 1. The van der Waals surface area contributed by atoms with Crippen molar-refractivity contribution >= 4 is 35.3 Å². The summed E-state index contributed by atoms with van der Waals surface area (Å²) < 4.78 is 49.4. The first-order chi connectivity index (χ1) is 20.5. The van der Waals surface area contributed by atoms with Crippen LogP contribution in [-0.2, 0) is 24.4 Å². The Morgan fingerprint density at radius 1 is 1.07 bits per heavy atom. The summed E-state index contributed by atoms with van der Waals surface area (Å²) in [5.41, 5.74) is -1.52. The number of amides is 2. The van der Waals surface area contributed by atoms with Gasteiger partial charge in [-0.1, -0.05) is 17.7 Å². The number of carboxylic acid groups (broad SMARTS) is 1. The van der Waals surface area contributed by atoms with Crippen LogP contribution in [0.2, 0.25) is 5.02 Å². The molecule has 3 aromatic heterocycles. The van der Waals surface area contributed by atoms with E-state index < -0.39 is 35.4 Å². The van der Waals surface area contributed by atoms with Crippen LogP contribution >= 0.6 is 11.6 Å². The number of nitrogens with zero attached hydrogens (tertiary/aromatic N) is 5. The number of ether oxygens (including phenoxy) is 1. The molecular formula is C28H27ClF3N7O5. The second-order valence-electron chi connectivity index (χ2n) is 10.5. The molecule has 3 N–H and O–H groups in total. The van der Waals surface area contributed by atoms with E-state index in [0.29, 0.717) is 6.42 Å². The summed E-state index contributed by atoms with van der Waals surface area (Å²) in [6.07, 6.45) is -1.30. The van der Waals surface area contributed by atoms with Crippen molar-refractivity contribution in [3.63, 3.8) is 0 Å². The Morgan fingerprint density at radius 2 is 1.80 bits per heavy atom. The van der Waals surface area contributed by atoms with E-state index in [1.54, 1.807) is 26.8 Å². The number of carbonyl (C=O) groups excluding carboxylic acids is 2. The van der Waals surface area contributed by atoms with Gasteiger partial charge in [-0.15, -0.1) is 0 Å². The summed E-state index contributed by atoms with van der Waals surface area (Å²) in [6, 6.07) is 6.89. The van der Waals surface area contributed by atoms with Gasteiger partial charge in [-0.3, -0.25) is 4.79 Å². The smallest absolute Gasteiger partial charge is 0.435 e. The summed E-state index contributed by atoms with van der Waals surface area (Å²) in [4.78, 5) is 44.1. The average Bonchev–Trinajstić information content (AvgIpc) is 3.52. The van der Waals surface area contributed by atoms with Crippen LogP contribution in [0, 0.1) is 0 Å². The molecular weight excluding hydrogens is 607 g/mol. The van der Waals surface area contributed by atoms with Gasteiger partial charge in [-0.2, -0.15) is 18.3 Å². The normalized spacial score (nSPS) is 11.7. The zero-order valence-corrected chi connectivity index (χ0v) is 24.6. The molecule has 0 saturated carbocycles. The molecule has 0 saturated heterocycles. The van der Waals surface area contributed by atoms with Crippen molar-refractivity contribution in [1.29, 1.82) is 0 Å². The minimum Gasteiger partial charge on any atom is -0.478 e. The highest BCUT2D eigenvalue weighted by Gasteiger charge is 2.39. The number of halogens is 4. The lowest BCUT2D eigenvalue weighted by molar-refractivity contribution is -0.140. The van der Waals surface area contributed by atoms with E-state index in [0.717, 1.165) is 22.6 Å². The van der Waals surface area contributed by atoms with Gasteiger partial charge in [-0.25, -0.2) is 24.2 Å². The molecule has 0 radical (unpaired) electrons. The average molecular weight is 634 g/mol. The van der Waals surface area contributed by atoms with Crippen LogP contribution in [0.15, 0.2) is 48.9 Å². The number of carbonyl (C=O) groups is 3. The highest BCUT2D eigenvalue weighted by molar-refractivity contribution is 6.33. The first kappa shape index (κ1) is 32.0. The van der Waals surface area contributed by atoms with Gasteiger partial charge in [0.25, 0.3) is 5.91 Å². The summed E-state index contributed by atoms with van der Waals surface area (Å²) in [5.74, 6) is -2.13. The number of aromatic nitrogens is 5. The van der Waals surface area contributed by atoms with Crippen molar-refractivity contribution < 1.29 is 37.4 Å². The molecule has 2 amide bonds. The lowest BCUT2D eigenvalue weighted by Gasteiger charge is -2.19. The van der Waals surface area contributed by atoms with Gasteiger partial charge in [0.15, 0.2) is 17.3 Å². The van der Waals surface area contributed by atoms with E-state index in [2.05, 4.69) is 25.7 Å². The van der Waals surface area contributed by atoms with E-state index in [4.69, 9.17) is 21.4 Å².